The van der Waals surface area contributed by atoms with Crippen molar-refractivity contribution in [3.8, 4) is 0 Å². The normalized spacial score (nSPS) is 10.7. The van der Waals surface area contributed by atoms with E-state index in [0.29, 0.717) is 5.02 Å². The molecule has 0 aliphatic heterocycles. The van der Waals surface area contributed by atoms with Crippen LogP contribution in [0.3, 0.4) is 0 Å². The molecule has 0 N–H and O–H groups in total. The first-order chi connectivity index (χ1) is 6.16. The minimum absolute atomic E-state index is 0.692. The summed E-state index contributed by atoms with van der Waals surface area (Å²) in [5, 5.41) is 1.67. The van der Waals surface area contributed by atoms with Crippen LogP contribution in [0, 0.1) is 6.92 Å². The van der Waals surface area contributed by atoms with E-state index >= 15 is 0 Å². The average molecular weight is 258 g/mol. The number of hydrogen-bond acceptors (Lipinski definition) is 2. The highest BCUT2D eigenvalue weighted by Gasteiger charge is 2.02. The van der Waals surface area contributed by atoms with Gasteiger partial charge in [0.05, 0.1) is 5.52 Å². The molecule has 0 aliphatic carbocycles. The molecule has 2 aromatic rings. The Morgan fingerprint density at radius 1 is 1.31 bits per heavy atom. The zero-order chi connectivity index (χ0) is 9.42. The van der Waals surface area contributed by atoms with Crippen molar-refractivity contribution in [2.24, 2.45) is 0 Å². The van der Waals surface area contributed by atoms with Crippen molar-refractivity contribution in [2.45, 2.75) is 6.92 Å². The quantitative estimate of drug-likeness (QED) is 0.676. The van der Waals surface area contributed by atoms with E-state index in [1.807, 2.05) is 25.1 Å². The van der Waals surface area contributed by atoms with Gasteiger partial charge in [-0.1, -0.05) is 11.6 Å². The molecule has 0 saturated carbocycles. The van der Waals surface area contributed by atoms with Crippen LogP contribution < -0.4 is 0 Å². The molecule has 0 bridgehead atoms. The van der Waals surface area contributed by atoms with E-state index in [2.05, 4.69) is 25.9 Å². The Hall–Kier alpha value is -0.670. The Balaban J connectivity index is 2.86. The first-order valence-electron chi connectivity index (χ1n) is 3.76. The van der Waals surface area contributed by atoms with Crippen LogP contribution in [0.25, 0.3) is 10.9 Å². The fraction of sp³-hybridized carbons (Fsp3) is 0.111. The number of fused-ring (bicyclic) bond motifs is 1. The first-order valence-corrected chi connectivity index (χ1v) is 4.93. The van der Waals surface area contributed by atoms with Crippen LogP contribution >= 0.6 is 27.5 Å². The van der Waals surface area contributed by atoms with Gasteiger partial charge in [-0.15, -0.1) is 0 Å². The van der Waals surface area contributed by atoms with E-state index in [1.165, 1.54) is 0 Å². The predicted molar refractivity (Wildman–Crippen MR) is 57.0 cm³/mol. The maximum absolute atomic E-state index is 5.85. The van der Waals surface area contributed by atoms with Gasteiger partial charge in [-0.3, -0.25) is 0 Å². The van der Waals surface area contributed by atoms with Crippen LogP contribution in [0.2, 0.25) is 5.02 Å². The Labute approximate surface area is 89.1 Å². The van der Waals surface area contributed by atoms with E-state index in [4.69, 9.17) is 11.6 Å². The van der Waals surface area contributed by atoms with Gasteiger partial charge in [0.1, 0.15) is 10.4 Å². The van der Waals surface area contributed by atoms with Gasteiger partial charge in [-0.25, -0.2) is 9.97 Å². The van der Waals surface area contributed by atoms with Gasteiger partial charge >= 0.3 is 0 Å². The summed E-state index contributed by atoms with van der Waals surface area (Å²) in [4.78, 5) is 8.47. The van der Waals surface area contributed by atoms with E-state index in [0.717, 1.165) is 21.3 Å². The molecule has 0 fully saturated rings. The van der Waals surface area contributed by atoms with Crippen molar-refractivity contribution in [2.75, 3.05) is 0 Å². The zero-order valence-electron chi connectivity index (χ0n) is 6.88. The smallest absolute Gasteiger partial charge is 0.127 e. The van der Waals surface area contributed by atoms with E-state index in [-0.39, 0.29) is 0 Å². The number of nitrogens with zero attached hydrogens (tertiary/aromatic N) is 2. The highest BCUT2D eigenvalue weighted by atomic mass is 79.9. The topological polar surface area (TPSA) is 25.8 Å². The molecule has 0 aliphatic rings. The third-order valence-electron chi connectivity index (χ3n) is 1.72. The lowest BCUT2D eigenvalue weighted by atomic mass is 10.2. The van der Waals surface area contributed by atoms with Crippen LogP contribution in [0.15, 0.2) is 22.8 Å². The fourth-order valence-corrected chi connectivity index (χ4v) is 1.93. The largest absolute Gasteiger partial charge is 0.233 e. The number of benzene rings is 1. The van der Waals surface area contributed by atoms with Crippen molar-refractivity contribution in [3.63, 3.8) is 0 Å². The zero-order valence-corrected chi connectivity index (χ0v) is 9.22. The molecule has 0 unspecified atom stereocenters. The van der Waals surface area contributed by atoms with E-state index in [9.17, 15) is 0 Å². The molecule has 2 nitrogen and oxygen atoms in total. The van der Waals surface area contributed by atoms with Crippen molar-refractivity contribution in [1.29, 1.82) is 0 Å². The maximum atomic E-state index is 5.85. The van der Waals surface area contributed by atoms with Crippen molar-refractivity contribution >= 4 is 38.4 Å². The molecular weight excluding hydrogens is 251 g/mol. The van der Waals surface area contributed by atoms with Crippen molar-refractivity contribution < 1.29 is 0 Å². The second-order valence-corrected chi connectivity index (χ2v) is 3.91. The maximum Gasteiger partial charge on any atom is 0.127 e. The van der Waals surface area contributed by atoms with Crippen LogP contribution in [-0.2, 0) is 0 Å². The minimum atomic E-state index is 0.692. The van der Waals surface area contributed by atoms with Crippen molar-refractivity contribution in [3.05, 3.63) is 33.6 Å². The van der Waals surface area contributed by atoms with Gasteiger partial charge in [0.25, 0.3) is 0 Å². The Kier molecular flexibility index (Phi) is 2.22. The van der Waals surface area contributed by atoms with E-state index < -0.39 is 0 Å². The van der Waals surface area contributed by atoms with Crippen LogP contribution in [0.5, 0.6) is 0 Å². The number of halogens is 2. The molecule has 1 heterocycles. The molecule has 0 atom stereocenters. The molecule has 1 aromatic carbocycles. The molecule has 0 spiro atoms. The number of hydrogen-bond donors (Lipinski definition) is 0. The van der Waals surface area contributed by atoms with Gasteiger partial charge in [-0.2, -0.15) is 0 Å². The summed E-state index contributed by atoms with van der Waals surface area (Å²) in [6, 6.07) is 5.56. The summed E-state index contributed by atoms with van der Waals surface area (Å²) in [6.07, 6.45) is 0. The number of rotatable bonds is 0. The summed E-state index contributed by atoms with van der Waals surface area (Å²) in [6.45, 7) is 1.85. The van der Waals surface area contributed by atoms with Gasteiger partial charge in [0.15, 0.2) is 0 Å². The Morgan fingerprint density at radius 3 is 2.85 bits per heavy atom. The molecule has 1 aromatic heterocycles. The van der Waals surface area contributed by atoms with Gasteiger partial charge in [-0.05, 0) is 41.1 Å². The SMILES string of the molecule is Cc1nc(Br)c2ccc(Cl)cc2n1. The fourth-order valence-electron chi connectivity index (χ4n) is 1.17. The lowest BCUT2D eigenvalue weighted by molar-refractivity contribution is 1.07. The van der Waals surface area contributed by atoms with Crippen molar-refractivity contribution in [1.82, 2.24) is 9.97 Å². The van der Waals surface area contributed by atoms with Gasteiger partial charge in [0.2, 0.25) is 0 Å². The molecule has 0 saturated heterocycles. The molecule has 0 amide bonds. The van der Waals surface area contributed by atoms with E-state index in [1.54, 1.807) is 0 Å². The lowest BCUT2D eigenvalue weighted by Crippen LogP contribution is -1.89. The van der Waals surface area contributed by atoms with Gasteiger partial charge < -0.3 is 0 Å². The average Bonchev–Trinajstić information content (AvgIpc) is 2.02. The third-order valence-corrected chi connectivity index (χ3v) is 2.56. The van der Waals surface area contributed by atoms with Crippen LogP contribution in [-0.4, -0.2) is 9.97 Å². The van der Waals surface area contributed by atoms with Crippen LogP contribution in [0.4, 0.5) is 0 Å². The summed E-state index contributed by atoms with van der Waals surface area (Å²) in [5.74, 6) is 0.738. The molecule has 13 heavy (non-hydrogen) atoms. The summed E-state index contributed by atoms with van der Waals surface area (Å²) in [7, 11) is 0. The van der Waals surface area contributed by atoms with Crippen LogP contribution in [0.1, 0.15) is 5.82 Å². The molecule has 0 radical (unpaired) electrons. The second kappa shape index (κ2) is 3.24. The number of aromatic nitrogens is 2. The highest BCUT2D eigenvalue weighted by Crippen LogP contribution is 2.23. The number of aryl methyl sites for hydroxylation is 1. The summed E-state index contributed by atoms with van der Waals surface area (Å²) in [5.41, 5.74) is 0.867. The molecule has 2 rings (SSSR count). The monoisotopic (exact) mass is 256 g/mol. The molecular formula is C9H6BrClN2. The Bertz CT molecular complexity index is 465. The second-order valence-electron chi connectivity index (χ2n) is 2.72. The standard InChI is InChI=1S/C9H6BrClN2/c1-5-12-8-4-6(11)2-3-7(8)9(10)13-5/h2-4H,1H3. The van der Waals surface area contributed by atoms with Gasteiger partial charge in [0, 0.05) is 10.4 Å². The predicted octanol–water partition coefficient (Wildman–Crippen LogP) is 3.35. The summed E-state index contributed by atoms with van der Waals surface area (Å²) < 4.78 is 0.812. The Morgan fingerprint density at radius 2 is 2.08 bits per heavy atom. The highest BCUT2D eigenvalue weighted by molar-refractivity contribution is 9.10. The lowest BCUT2D eigenvalue weighted by Gasteiger charge is -2.00. The minimum Gasteiger partial charge on any atom is -0.233 e. The first kappa shape index (κ1) is 8.91. The summed E-state index contributed by atoms with van der Waals surface area (Å²) >= 11 is 9.23. The molecule has 66 valence electrons. The molecule has 4 heteroatoms. The third kappa shape index (κ3) is 1.67.